The highest BCUT2D eigenvalue weighted by Crippen LogP contribution is 2.57. The van der Waals surface area contributed by atoms with Crippen molar-refractivity contribution in [1.29, 1.82) is 0 Å². The second-order valence-electron chi connectivity index (χ2n) is 3.74. The first-order valence-electron chi connectivity index (χ1n) is 5.25. The molecule has 0 bridgehead atoms. The van der Waals surface area contributed by atoms with Gasteiger partial charge in [-0.2, -0.15) is 0 Å². The first kappa shape index (κ1) is 11.4. The Balaban J connectivity index is 2.36. The van der Waals surface area contributed by atoms with Gasteiger partial charge in [-0.15, -0.1) is 0 Å². The van der Waals surface area contributed by atoms with Gasteiger partial charge in [0.05, 0.1) is 0 Å². The zero-order valence-electron chi connectivity index (χ0n) is 8.50. The Labute approximate surface area is 91.3 Å². The van der Waals surface area contributed by atoms with Gasteiger partial charge in [-0.25, -0.2) is 0 Å². The normalized spacial score (nSPS) is 19.4. The molecule has 1 aliphatic carbocycles. The lowest BCUT2D eigenvalue weighted by molar-refractivity contribution is 0.793. The predicted molar refractivity (Wildman–Crippen MR) is 60.5 cm³/mol. The number of unbranched alkanes of at least 4 members (excludes halogenated alkanes) is 2. The van der Waals surface area contributed by atoms with Crippen molar-refractivity contribution in [1.82, 2.24) is 0 Å². The third-order valence-electron chi connectivity index (χ3n) is 2.62. The minimum absolute atomic E-state index is 0.537. The minimum atomic E-state index is -0.537. The highest BCUT2D eigenvalue weighted by atomic mass is 35.5. The van der Waals surface area contributed by atoms with E-state index in [0.717, 1.165) is 12.8 Å². The third kappa shape index (κ3) is 2.63. The second-order valence-corrected chi connectivity index (χ2v) is 5.07. The Hall–Kier alpha value is 0.320. The summed E-state index contributed by atoms with van der Waals surface area (Å²) in [7, 11) is 0. The standard InChI is InChI=1S/C11H18Cl2/c1-3-5-7-9-10(8-6-4-2)11(9,12)13/h3-8H2,1-2H3. The first-order valence-corrected chi connectivity index (χ1v) is 6.01. The maximum Gasteiger partial charge on any atom is 0.160 e. The number of halogens is 2. The van der Waals surface area contributed by atoms with Crippen LogP contribution in [-0.2, 0) is 0 Å². The predicted octanol–water partition coefficient (Wildman–Crippen LogP) is 4.85. The van der Waals surface area contributed by atoms with Crippen molar-refractivity contribution in [2.24, 2.45) is 0 Å². The van der Waals surface area contributed by atoms with E-state index in [9.17, 15) is 0 Å². The highest BCUT2D eigenvalue weighted by Gasteiger charge is 2.48. The summed E-state index contributed by atoms with van der Waals surface area (Å²) in [6, 6.07) is 0. The molecule has 1 rings (SSSR count). The molecule has 0 nitrogen and oxygen atoms in total. The SMILES string of the molecule is CCCCC1=C(CCCC)C1(Cl)Cl. The average molecular weight is 221 g/mol. The molecule has 0 aliphatic heterocycles. The molecule has 0 atom stereocenters. The summed E-state index contributed by atoms with van der Waals surface area (Å²) in [5.74, 6) is 0. The van der Waals surface area contributed by atoms with Crippen molar-refractivity contribution in [3.05, 3.63) is 11.1 Å². The molecule has 0 heterocycles. The van der Waals surface area contributed by atoms with Crippen LogP contribution in [0.4, 0.5) is 0 Å². The molecule has 76 valence electrons. The third-order valence-corrected chi connectivity index (χ3v) is 3.53. The molecule has 2 heteroatoms. The summed E-state index contributed by atoms with van der Waals surface area (Å²) in [5, 5.41) is 0. The Bertz CT molecular complexity index is 184. The summed E-state index contributed by atoms with van der Waals surface area (Å²) in [4.78, 5) is 0. The summed E-state index contributed by atoms with van der Waals surface area (Å²) in [5.41, 5.74) is 2.62. The van der Waals surface area contributed by atoms with E-state index >= 15 is 0 Å². The molecule has 0 aromatic heterocycles. The van der Waals surface area contributed by atoms with Gasteiger partial charge in [0, 0.05) is 0 Å². The van der Waals surface area contributed by atoms with Crippen molar-refractivity contribution in [3.63, 3.8) is 0 Å². The van der Waals surface area contributed by atoms with Crippen LogP contribution in [0.25, 0.3) is 0 Å². The van der Waals surface area contributed by atoms with E-state index in [1.165, 1.54) is 36.8 Å². The van der Waals surface area contributed by atoms with E-state index in [1.807, 2.05) is 0 Å². The van der Waals surface area contributed by atoms with Gasteiger partial charge in [-0.1, -0.05) is 49.9 Å². The van der Waals surface area contributed by atoms with Crippen molar-refractivity contribution in [3.8, 4) is 0 Å². The van der Waals surface area contributed by atoms with E-state index in [1.54, 1.807) is 0 Å². The first-order chi connectivity index (χ1) is 6.14. The fourth-order valence-corrected chi connectivity index (χ4v) is 2.39. The summed E-state index contributed by atoms with van der Waals surface area (Å²) in [6.45, 7) is 4.39. The quantitative estimate of drug-likeness (QED) is 0.444. The zero-order chi connectivity index (χ0) is 9.90. The number of hydrogen-bond acceptors (Lipinski definition) is 0. The van der Waals surface area contributed by atoms with Crippen LogP contribution in [-0.4, -0.2) is 4.33 Å². The average Bonchev–Trinajstić information content (AvgIpc) is 2.60. The topological polar surface area (TPSA) is 0 Å². The van der Waals surface area contributed by atoms with E-state index in [4.69, 9.17) is 23.2 Å². The van der Waals surface area contributed by atoms with Gasteiger partial charge >= 0.3 is 0 Å². The summed E-state index contributed by atoms with van der Waals surface area (Å²) in [6.07, 6.45) is 7.06. The highest BCUT2D eigenvalue weighted by molar-refractivity contribution is 6.56. The summed E-state index contributed by atoms with van der Waals surface area (Å²) >= 11 is 12.3. The van der Waals surface area contributed by atoms with Crippen LogP contribution in [0.2, 0.25) is 0 Å². The number of allylic oxidation sites excluding steroid dienone is 2. The molecule has 0 fully saturated rings. The fourth-order valence-electron chi connectivity index (χ4n) is 1.65. The van der Waals surface area contributed by atoms with E-state index in [-0.39, 0.29) is 0 Å². The molecule has 0 saturated heterocycles. The van der Waals surface area contributed by atoms with Crippen LogP contribution in [0.1, 0.15) is 52.4 Å². The summed E-state index contributed by atoms with van der Waals surface area (Å²) < 4.78 is -0.537. The van der Waals surface area contributed by atoms with Crippen LogP contribution in [0, 0.1) is 0 Å². The Morgan fingerprint density at radius 1 is 0.923 bits per heavy atom. The molecular weight excluding hydrogens is 203 g/mol. The fraction of sp³-hybridized carbons (Fsp3) is 0.818. The number of rotatable bonds is 6. The second kappa shape index (κ2) is 4.70. The van der Waals surface area contributed by atoms with Crippen molar-refractivity contribution < 1.29 is 0 Å². The van der Waals surface area contributed by atoms with Gasteiger partial charge in [-0.3, -0.25) is 0 Å². The van der Waals surface area contributed by atoms with E-state index < -0.39 is 4.33 Å². The van der Waals surface area contributed by atoms with Crippen LogP contribution < -0.4 is 0 Å². The van der Waals surface area contributed by atoms with Crippen LogP contribution in [0.5, 0.6) is 0 Å². The lowest BCUT2D eigenvalue weighted by Gasteiger charge is -1.99. The number of hydrogen-bond donors (Lipinski definition) is 0. The van der Waals surface area contributed by atoms with E-state index in [0.29, 0.717) is 0 Å². The van der Waals surface area contributed by atoms with Crippen LogP contribution in [0.15, 0.2) is 11.1 Å². The van der Waals surface area contributed by atoms with Crippen molar-refractivity contribution >= 4 is 23.2 Å². The molecular formula is C11H18Cl2. The maximum atomic E-state index is 6.14. The van der Waals surface area contributed by atoms with Gasteiger partial charge in [0.15, 0.2) is 4.33 Å². The zero-order valence-corrected chi connectivity index (χ0v) is 10.0. The lowest BCUT2D eigenvalue weighted by atomic mass is 10.2. The number of alkyl halides is 2. The van der Waals surface area contributed by atoms with Gasteiger partial charge in [0.1, 0.15) is 0 Å². The molecule has 0 saturated carbocycles. The largest absolute Gasteiger partial charge is 0.160 e. The smallest absolute Gasteiger partial charge is 0.0916 e. The van der Waals surface area contributed by atoms with Gasteiger partial charge < -0.3 is 0 Å². The van der Waals surface area contributed by atoms with Crippen LogP contribution >= 0.6 is 23.2 Å². The molecule has 0 aromatic rings. The molecule has 0 unspecified atom stereocenters. The Kier molecular flexibility index (Phi) is 4.12. The van der Waals surface area contributed by atoms with Crippen molar-refractivity contribution in [2.75, 3.05) is 0 Å². The molecule has 13 heavy (non-hydrogen) atoms. The van der Waals surface area contributed by atoms with Crippen LogP contribution in [0.3, 0.4) is 0 Å². The van der Waals surface area contributed by atoms with Crippen molar-refractivity contribution in [2.45, 2.75) is 56.7 Å². The molecule has 0 radical (unpaired) electrons. The minimum Gasteiger partial charge on any atom is -0.0916 e. The van der Waals surface area contributed by atoms with Gasteiger partial charge in [0.2, 0.25) is 0 Å². The Morgan fingerprint density at radius 2 is 1.31 bits per heavy atom. The molecule has 0 amide bonds. The maximum absolute atomic E-state index is 6.14. The van der Waals surface area contributed by atoms with Gasteiger partial charge in [0.25, 0.3) is 0 Å². The molecule has 0 aromatic carbocycles. The van der Waals surface area contributed by atoms with E-state index in [2.05, 4.69) is 13.8 Å². The molecule has 1 aliphatic rings. The van der Waals surface area contributed by atoms with Gasteiger partial charge in [-0.05, 0) is 36.8 Å². The Morgan fingerprint density at radius 3 is 1.62 bits per heavy atom. The molecule has 0 N–H and O–H groups in total. The molecule has 0 spiro atoms. The lowest BCUT2D eigenvalue weighted by Crippen LogP contribution is -1.93. The monoisotopic (exact) mass is 220 g/mol.